The van der Waals surface area contributed by atoms with Gasteiger partial charge in [-0.25, -0.2) is 4.39 Å². The van der Waals surface area contributed by atoms with E-state index in [2.05, 4.69) is 31.1 Å². The number of piperidine rings is 1. The van der Waals surface area contributed by atoms with Gasteiger partial charge in [-0.15, -0.1) is 0 Å². The maximum absolute atomic E-state index is 13.6. The maximum Gasteiger partial charge on any atom is 0.149 e. The molecule has 2 atom stereocenters. The van der Waals surface area contributed by atoms with E-state index >= 15 is 0 Å². The summed E-state index contributed by atoms with van der Waals surface area (Å²) >= 11 is 0. The Hall–Kier alpha value is -1.16. The van der Waals surface area contributed by atoms with Gasteiger partial charge in [-0.05, 0) is 25.1 Å². The van der Waals surface area contributed by atoms with Crippen molar-refractivity contribution in [2.45, 2.75) is 44.9 Å². The molecule has 0 unspecified atom stereocenters. The fraction of sp³-hybridized carbons (Fsp3) is 0.643. The minimum absolute atomic E-state index is 0.0237. The molecule has 2 heterocycles. The number of alkyl halides is 1. The van der Waals surface area contributed by atoms with Crippen molar-refractivity contribution in [3.63, 3.8) is 0 Å². The minimum Gasteiger partial charge on any atom is -0.486 e. The Kier molecular flexibility index (Phi) is 3.85. The van der Waals surface area contributed by atoms with Gasteiger partial charge in [0.2, 0.25) is 0 Å². The Balaban J connectivity index is 2.02. The Morgan fingerprint density at radius 3 is 2.72 bits per heavy atom. The molecule has 1 aromatic heterocycles. The molecule has 100 valence electrons. The molecule has 0 aliphatic carbocycles. The lowest BCUT2D eigenvalue weighted by atomic mass is 9.92. The molecule has 1 saturated heterocycles. The van der Waals surface area contributed by atoms with Crippen molar-refractivity contribution in [1.29, 1.82) is 0 Å². The Morgan fingerprint density at radius 2 is 2.17 bits per heavy atom. The average molecular weight is 252 g/mol. The molecule has 1 aliphatic heterocycles. The molecule has 0 amide bonds. The highest BCUT2D eigenvalue weighted by molar-refractivity contribution is 5.23. The number of hydrogen-bond acceptors (Lipinski definition) is 3. The Labute approximate surface area is 108 Å². The number of halogens is 1. The van der Waals surface area contributed by atoms with Crippen LogP contribution in [0.15, 0.2) is 18.3 Å². The highest BCUT2D eigenvalue weighted by Gasteiger charge is 2.26. The summed E-state index contributed by atoms with van der Waals surface area (Å²) in [4.78, 5) is 4.38. The third-order valence-corrected chi connectivity index (χ3v) is 3.14. The van der Waals surface area contributed by atoms with Gasteiger partial charge in [0.25, 0.3) is 0 Å². The average Bonchev–Trinajstić information content (AvgIpc) is 2.32. The van der Waals surface area contributed by atoms with Crippen molar-refractivity contribution in [2.75, 3.05) is 13.1 Å². The number of ether oxygens (including phenoxy) is 1. The van der Waals surface area contributed by atoms with Crippen LogP contribution < -0.4 is 10.1 Å². The summed E-state index contributed by atoms with van der Waals surface area (Å²) in [5, 5.41) is 3.01. The van der Waals surface area contributed by atoms with Crippen LogP contribution in [0.1, 0.15) is 32.9 Å². The van der Waals surface area contributed by atoms with Crippen LogP contribution in [0.3, 0.4) is 0 Å². The molecule has 18 heavy (non-hydrogen) atoms. The second kappa shape index (κ2) is 5.22. The fourth-order valence-electron chi connectivity index (χ4n) is 2.00. The number of pyridine rings is 1. The van der Waals surface area contributed by atoms with Gasteiger partial charge < -0.3 is 10.1 Å². The molecule has 0 aromatic carbocycles. The second-order valence-corrected chi connectivity index (χ2v) is 5.79. The summed E-state index contributed by atoms with van der Waals surface area (Å²) < 4.78 is 19.3. The van der Waals surface area contributed by atoms with Gasteiger partial charge in [0.15, 0.2) is 0 Å². The van der Waals surface area contributed by atoms with Gasteiger partial charge in [-0.3, -0.25) is 4.98 Å². The Bertz CT molecular complexity index is 386. The third kappa shape index (κ3) is 3.19. The number of rotatable bonds is 2. The zero-order chi connectivity index (χ0) is 13.2. The van der Waals surface area contributed by atoms with Gasteiger partial charge in [0.05, 0.1) is 6.20 Å². The molecule has 0 spiro atoms. The van der Waals surface area contributed by atoms with E-state index in [9.17, 15) is 4.39 Å². The molecular formula is C14H21FN2O. The largest absolute Gasteiger partial charge is 0.486 e. The van der Waals surface area contributed by atoms with Crippen molar-refractivity contribution in [1.82, 2.24) is 10.3 Å². The van der Waals surface area contributed by atoms with Crippen LogP contribution in [0.2, 0.25) is 0 Å². The second-order valence-electron chi connectivity index (χ2n) is 5.79. The lowest BCUT2D eigenvalue weighted by molar-refractivity contribution is 0.0728. The summed E-state index contributed by atoms with van der Waals surface area (Å²) in [7, 11) is 0. The van der Waals surface area contributed by atoms with E-state index in [-0.39, 0.29) is 11.5 Å². The van der Waals surface area contributed by atoms with Crippen molar-refractivity contribution in [3.05, 3.63) is 24.0 Å². The quantitative estimate of drug-likeness (QED) is 0.878. The van der Waals surface area contributed by atoms with Gasteiger partial charge in [-0.1, -0.05) is 20.8 Å². The normalized spacial score (nSPS) is 24.9. The fourth-order valence-corrected chi connectivity index (χ4v) is 2.00. The van der Waals surface area contributed by atoms with E-state index in [4.69, 9.17) is 4.74 Å². The summed E-state index contributed by atoms with van der Waals surface area (Å²) in [6.45, 7) is 7.51. The molecule has 0 bridgehead atoms. The summed E-state index contributed by atoms with van der Waals surface area (Å²) in [5.41, 5.74) is 1.03. The first-order chi connectivity index (χ1) is 8.47. The van der Waals surface area contributed by atoms with E-state index < -0.39 is 6.17 Å². The number of aromatic nitrogens is 1. The first-order valence-electron chi connectivity index (χ1n) is 6.45. The predicted molar refractivity (Wildman–Crippen MR) is 69.7 cm³/mol. The SMILES string of the molecule is CC(C)(C)c1ccc(O[C@@H]2CCNC[C@H]2F)cn1. The molecule has 1 aliphatic rings. The number of hydrogen-bond donors (Lipinski definition) is 1. The molecule has 1 fully saturated rings. The third-order valence-electron chi connectivity index (χ3n) is 3.14. The van der Waals surface area contributed by atoms with Gasteiger partial charge in [0.1, 0.15) is 18.0 Å². The van der Waals surface area contributed by atoms with Gasteiger partial charge >= 0.3 is 0 Å². The van der Waals surface area contributed by atoms with Crippen molar-refractivity contribution in [3.8, 4) is 5.75 Å². The van der Waals surface area contributed by atoms with E-state index in [0.29, 0.717) is 18.7 Å². The first-order valence-corrected chi connectivity index (χ1v) is 6.45. The van der Waals surface area contributed by atoms with Gasteiger partial charge in [0, 0.05) is 17.7 Å². The number of nitrogens with zero attached hydrogens (tertiary/aromatic N) is 1. The van der Waals surface area contributed by atoms with E-state index in [1.165, 1.54) is 0 Å². The standard InChI is InChI=1S/C14H21FN2O/c1-14(2,3)13-5-4-10(8-17-13)18-12-6-7-16-9-11(12)15/h4-5,8,11-12,16H,6-7,9H2,1-3H3/t11-,12-/m1/s1. The lowest BCUT2D eigenvalue weighted by Crippen LogP contribution is -2.44. The molecule has 2 rings (SSSR count). The van der Waals surface area contributed by atoms with Crippen molar-refractivity contribution < 1.29 is 9.13 Å². The highest BCUT2D eigenvalue weighted by Crippen LogP contribution is 2.23. The summed E-state index contributed by atoms with van der Waals surface area (Å²) in [5.74, 6) is 0.651. The highest BCUT2D eigenvalue weighted by atomic mass is 19.1. The molecule has 1 N–H and O–H groups in total. The van der Waals surface area contributed by atoms with Crippen LogP contribution in [0.5, 0.6) is 5.75 Å². The molecular weight excluding hydrogens is 231 g/mol. The zero-order valence-corrected chi connectivity index (χ0v) is 11.2. The summed E-state index contributed by atoms with van der Waals surface area (Å²) in [6, 6.07) is 3.83. The monoisotopic (exact) mass is 252 g/mol. The molecule has 0 saturated carbocycles. The first kappa shape index (κ1) is 13.3. The summed E-state index contributed by atoms with van der Waals surface area (Å²) in [6.07, 6.45) is 1.09. The smallest absolute Gasteiger partial charge is 0.149 e. The van der Waals surface area contributed by atoms with Crippen LogP contribution in [0, 0.1) is 0 Å². The molecule has 0 radical (unpaired) electrons. The van der Waals surface area contributed by atoms with Crippen LogP contribution in [0.4, 0.5) is 4.39 Å². The molecule has 4 heteroatoms. The molecule has 1 aromatic rings. The van der Waals surface area contributed by atoms with Crippen molar-refractivity contribution >= 4 is 0 Å². The van der Waals surface area contributed by atoms with Gasteiger partial charge in [-0.2, -0.15) is 0 Å². The number of nitrogens with one attached hydrogen (secondary N) is 1. The van der Waals surface area contributed by atoms with Crippen LogP contribution in [-0.2, 0) is 5.41 Å². The topological polar surface area (TPSA) is 34.1 Å². The van der Waals surface area contributed by atoms with Crippen LogP contribution in [-0.4, -0.2) is 30.3 Å². The molecule has 3 nitrogen and oxygen atoms in total. The van der Waals surface area contributed by atoms with E-state index in [1.807, 2.05) is 12.1 Å². The van der Waals surface area contributed by atoms with Crippen LogP contribution in [0.25, 0.3) is 0 Å². The lowest BCUT2D eigenvalue weighted by Gasteiger charge is -2.27. The zero-order valence-electron chi connectivity index (χ0n) is 11.2. The van der Waals surface area contributed by atoms with E-state index in [0.717, 1.165) is 12.2 Å². The minimum atomic E-state index is -0.943. The van der Waals surface area contributed by atoms with Crippen LogP contribution >= 0.6 is 0 Å². The maximum atomic E-state index is 13.6. The van der Waals surface area contributed by atoms with Crippen molar-refractivity contribution in [2.24, 2.45) is 0 Å². The van der Waals surface area contributed by atoms with E-state index in [1.54, 1.807) is 6.20 Å². The Morgan fingerprint density at radius 1 is 1.39 bits per heavy atom. The predicted octanol–water partition coefficient (Wildman–Crippen LogP) is 2.46.